The van der Waals surface area contributed by atoms with Crippen LogP contribution in [0.5, 0.6) is 5.75 Å². The van der Waals surface area contributed by atoms with Gasteiger partial charge >= 0.3 is 5.69 Å². The molecule has 1 rings (SSSR count). The SMILES string of the molecule is COc1cc([N+](=O)O)ccc1CCl. The van der Waals surface area contributed by atoms with Gasteiger partial charge in [-0.15, -0.1) is 11.6 Å². The Bertz CT molecular complexity index is 327. The van der Waals surface area contributed by atoms with E-state index < -0.39 is 0 Å². The lowest BCUT2D eigenvalue weighted by Gasteiger charge is -2.03. The van der Waals surface area contributed by atoms with Crippen molar-refractivity contribution in [1.82, 2.24) is 0 Å². The van der Waals surface area contributed by atoms with Crippen molar-refractivity contribution in [3.8, 4) is 5.75 Å². The number of nitrogens with zero attached hydrogens (tertiary/aromatic N) is 1. The van der Waals surface area contributed by atoms with Crippen LogP contribution in [0.2, 0.25) is 0 Å². The maximum atomic E-state index is 10.5. The van der Waals surface area contributed by atoms with Gasteiger partial charge in [0.25, 0.3) is 4.92 Å². The van der Waals surface area contributed by atoms with Crippen molar-refractivity contribution < 1.29 is 14.9 Å². The summed E-state index contributed by atoms with van der Waals surface area (Å²) >= 11 is 5.61. The highest BCUT2D eigenvalue weighted by Gasteiger charge is 2.14. The molecule has 70 valence electrons. The van der Waals surface area contributed by atoms with Gasteiger partial charge in [-0.25, -0.2) is 5.21 Å². The van der Waals surface area contributed by atoms with Crippen molar-refractivity contribution in [2.75, 3.05) is 7.11 Å². The van der Waals surface area contributed by atoms with E-state index in [1.165, 1.54) is 19.2 Å². The van der Waals surface area contributed by atoms with Crippen molar-refractivity contribution in [2.24, 2.45) is 0 Å². The first-order chi connectivity index (χ1) is 6.19. The van der Waals surface area contributed by atoms with E-state index in [1.807, 2.05) is 0 Å². The van der Waals surface area contributed by atoms with Crippen molar-refractivity contribution in [3.63, 3.8) is 0 Å². The molecule has 0 atom stereocenters. The Labute approximate surface area is 80.2 Å². The third kappa shape index (κ3) is 2.09. The zero-order valence-corrected chi connectivity index (χ0v) is 7.78. The Hall–Kier alpha value is -1.29. The smallest absolute Gasteiger partial charge is 0.320 e. The minimum absolute atomic E-state index is 0.116. The highest BCUT2D eigenvalue weighted by Crippen LogP contribution is 2.25. The van der Waals surface area contributed by atoms with E-state index >= 15 is 0 Å². The lowest BCUT2D eigenvalue weighted by Crippen LogP contribution is -1.95. The Morgan fingerprint density at radius 3 is 2.77 bits per heavy atom. The summed E-state index contributed by atoms with van der Waals surface area (Å²) in [5, 5.41) is 8.60. The van der Waals surface area contributed by atoms with Gasteiger partial charge in [0, 0.05) is 11.6 Å². The molecule has 0 aliphatic carbocycles. The normalized spacial score (nSPS) is 9.69. The topological polar surface area (TPSA) is 49.5 Å². The molecule has 0 saturated heterocycles. The second kappa shape index (κ2) is 4.09. The molecule has 1 aromatic rings. The van der Waals surface area contributed by atoms with Gasteiger partial charge in [-0.05, 0) is 6.07 Å². The highest BCUT2D eigenvalue weighted by molar-refractivity contribution is 6.17. The Balaban J connectivity index is 3.13. The third-order valence-electron chi connectivity index (χ3n) is 1.64. The molecule has 13 heavy (non-hydrogen) atoms. The van der Waals surface area contributed by atoms with Crippen LogP contribution in [0.25, 0.3) is 0 Å². The lowest BCUT2D eigenvalue weighted by atomic mass is 10.2. The number of halogens is 1. The summed E-state index contributed by atoms with van der Waals surface area (Å²) in [7, 11) is 1.47. The van der Waals surface area contributed by atoms with E-state index in [-0.39, 0.29) is 10.6 Å². The van der Waals surface area contributed by atoms with Crippen molar-refractivity contribution in [2.45, 2.75) is 5.88 Å². The first-order valence-corrected chi connectivity index (χ1v) is 4.11. The van der Waals surface area contributed by atoms with Gasteiger partial charge in [-0.3, -0.25) is 0 Å². The Morgan fingerprint density at radius 2 is 2.31 bits per heavy atom. The van der Waals surface area contributed by atoms with Crippen molar-refractivity contribution in [1.29, 1.82) is 0 Å². The van der Waals surface area contributed by atoms with E-state index in [0.29, 0.717) is 11.6 Å². The second-order valence-corrected chi connectivity index (χ2v) is 2.67. The van der Waals surface area contributed by atoms with Crippen LogP contribution >= 0.6 is 11.6 Å². The van der Waals surface area contributed by atoms with Gasteiger partial charge < -0.3 is 4.74 Å². The van der Waals surface area contributed by atoms with Crippen LogP contribution < -0.4 is 4.74 Å². The van der Waals surface area contributed by atoms with Crippen molar-refractivity contribution in [3.05, 3.63) is 28.7 Å². The Kier molecular flexibility index (Phi) is 3.08. The molecule has 0 fully saturated rings. The highest BCUT2D eigenvalue weighted by atomic mass is 35.5. The van der Waals surface area contributed by atoms with Gasteiger partial charge in [-0.2, -0.15) is 0 Å². The summed E-state index contributed by atoms with van der Waals surface area (Å²) in [6, 6.07) is 4.51. The molecule has 0 aromatic heterocycles. The van der Waals surface area contributed by atoms with E-state index in [2.05, 4.69) is 0 Å². The van der Waals surface area contributed by atoms with Crippen LogP contribution in [0.15, 0.2) is 18.2 Å². The van der Waals surface area contributed by atoms with E-state index in [1.54, 1.807) is 6.07 Å². The van der Waals surface area contributed by atoms with Crippen LogP contribution in [0.3, 0.4) is 0 Å². The van der Waals surface area contributed by atoms with Gasteiger partial charge in [0.1, 0.15) is 5.75 Å². The monoisotopic (exact) mass is 202 g/mol. The standard InChI is InChI=1S/C8H9ClNO3/c1-13-8-4-7(10(11)12)3-2-6(8)5-9/h2-4H,5H2,1H3,(H,11,12)/q+1. The van der Waals surface area contributed by atoms with E-state index in [9.17, 15) is 4.91 Å². The molecule has 0 unspecified atom stereocenters. The van der Waals surface area contributed by atoms with Crippen LogP contribution in [0.4, 0.5) is 5.69 Å². The summed E-state index contributed by atoms with van der Waals surface area (Å²) < 4.78 is 4.97. The summed E-state index contributed by atoms with van der Waals surface area (Å²) in [6.07, 6.45) is 0. The second-order valence-electron chi connectivity index (χ2n) is 2.40. The Morgan fingerprint density at radius 1 is 1.62 bits per heavy atom. The van der Waals surface area contributed by atoms with E-state index in [4.69, 9.17) is 21.5 Å². The number of hydrogen-bond donors (Lipinski definition) is 1. The van der Waals surface area contributed by atoms with Crippen LogP contribution in [0.1, 0.15) is 5.56 Å². The molecule has 5 heteroatoms. The zero-order valence-electron chi connectivity index (χ0n) is 7.03. The number of alkyl halides is 1. The molecule has 0 aliphatic heterocycles. The summed E-state index contributed by atoms with van der Waals surface area (Å²) in [5.74, 6) is 0.788. The number of ether oxygens (including phenoxy) is 1. The van der Waals surface area contributed by atoms with Crippen molar-refractivity contribution >= 4 is 17.3 Å². The molecule has 0 spiro atoms. The molecule has 0 saturated carbocycles. The van der Waals surface area contributed by atoms with Crippen LogP contribution in [0, 0.1) is 4.91 Å². The predicted octanol–water partition coefficient (Wildman–Crippen LogP) is 2.23. The van der Waals surface area contributed by atoms with Gasteiger partial charge in [0.2, 0.25) is 0 Å². The number of hydrogen-bond acceptors (Lipinski definition) is 2. The molecule has 0 amide bonds. The fourth-order valence-electron chi connectivity index (χ4n) is 0.963. The first kappa shape index (κ1) is 9.80. The average molecular weight is 203 g/mol. The molecular formula is C8H9ClNO3+. The average Bonchev–Trinajstić information content (AvgIpc) is 2.16. The molecule has 4 nitrogen and oxygen atoms in total. The number of methoxy groups -OCH3 is 1. The largest absolute Gasteiger partial charge is 0.496 e. The quantitative estimate of drug-likeness (QED) is 0.604. The molecule has 1 aromatic carbocycles. The fourth-order valence-corrected chi connectivity index (χ4v) is 1.18. The maximum Gasteiger partial charge on any atom is 0.320 e. The number of rotatable bonds is 3. The lowest BCUT2D eigenvalue weighted by molar-refractivity contribution is -0.729. The summed E-state index contributed by atoms with van der Waals surface area (Å²) in [4.78, 5) is 10.3. The molecular weight excluding hydrogens is 194 g/mol. The van der Waals surface area contributed by atoms with Gasteiger partial charge in [0.05, 0.1) is 24.0 Å². The molecule has 0 aliphatic rings. The third-order valence-corrected chi connectivity index (χ3v) is 1.92. The number of benzene rings is 1. The minimum atomic E-state index is -0.222. The van der Waals surface area contributed by atoms with E-state index in [0.717, 1.165) is 5.56 Å². The van der Waals surface area contributed by atoms with Crippen LogP contribution in [-0.4, -0.2) is 17.2 Å². The summed E-state index contributed by atoms with van der Waals surface area (Å²) in [6.45, 7) is 0. The molecule has 1 N–H and O–H groups in total. The molecule has 0 bridgehead atoms. The van der Waals surface area contributed by atoms with Gasteiger partial charge in [0.15, 0.2) is 0 Å². The van der Waals surface area contributed by atoms with Gasteiger partial charge in [-0.1, -0.05) is 0 Å². The predicted molar refractivity (Wildman–Crippen MR) is 47.6 cm³/mol. The summed E-state index contributed by atoms with van der Waals surface area (Å²) in [5.41, 5.74) is 0.889. The van der Waals surface area contributed by atoms with Crippen LogP contribution in [-0.2, 0) is 5.88 Å². The molecule has 0 radical (unpaired) electrons. The maximum absolute atomic E-state index is 10.5. The zero-order chi connectivity index (χ0) is 9.84. The minimum Gasteiger partial charge on any atom is -0.496 e. The fraction of sp³-hybridized carbons (Fsp3) is 0.250. The molecule has 0 heterocycles. The first-order valence-electron chi connectivity index (χ1n) is 3.58.